The summed E-state index contributed by atoms with van der Waals surface area (Å²) in [6, 6.07) is 13.3. The largest absolute Gasteiger partial charge is 0.743 e. The molecule has 40 heavy (non-hydrogen) atoms. The summed E-state index contributed by atoms with van der Waals surface area (Å²) in [4.78, 5) is 35.3. The number of urea groups is 1. The van der Waals surface area contributed by atoms with Gasteiger partial charge in [0.1, 0.15) is 18.1 Å². The first-order chi connectivity index (χ1) is 18.3. The lowest BCUT2D eigenvalue weighted by atomic mass is 10.1. The Hall–Kier alpha value is -3.35. The Bertz CT molecular complexity index is 1450. The minimum Gasteiger partial charge on any atom is -0.743 e. The number of benzene rings is 2. The van der Waals surface area contributed by atoms with E-state index >= 15 is 0 Å². The van der Waals surface area contributed by atoms with Crippen molar-refractivity contribution in [3.05, 3.63) is 54.1 Å². The lowest BCUT2D eigenvalue weighted by Crippen LogP contribution is -2.43. The lowest BCUT2D eigenvalue weighted by Gasteiger charge is -2.23. The number of amides is 3. The van der Waals surface area contributed by atoms with Crippen LogP contribution in [0.25, 0.3) is 0 Å². The third-order valence-electron chi connectivity index (χ3n) is 4.99. The summed E-state index contributed by atoms with van der Waals surface area (Å²) in [6.07, 6.45) is -4.64. The van der Waals surface area contributed by atoms with Crippen LogP contribution in [0, 0.1) is 0 Å². The van der Waals surface area contributed by atoms with Gasteiger partial charge in [0.25, 0.3) is 0 Å². The number of carbonyl (C=O) groups is 3. The molecule has 0 N–H and O–H groups in total. The number of halogens is 3. The second-order valence-corrected chi connectivity index (χ2v) is 12.0. The monoisotopic (exact) mass is 628 g/mol. The third kappa shape index (κ3) is 8.57. The molecule has 1 heterocycles. The van der Waals surface area contributed by atoms with Crippen molar-refractivity contribution in [2.45, 2.75) is 23.2 Å². The van der Waals surface area contributed by atoms with E-state index in [1.54, 1.807) is 31.2 Å². The van der Waals surface area contributed by atoms with Crippen LogP contribution in [0.5, 0.6) is 11.5 Å². The number of ketones is 1. The van der Waals surface area contributed by atoms with Crippen molar-refractivity contribution in [1.29, 1.82) is 0 Å². The van der Waals surface area contributed by atoms with Crippen LogP contribution in [-0.2, 0) is 37.5 Å². The highest BCUT2D eigenvalue weighted by Crippen LogP contribution is 2.28. The number of nitrogens with zero attached hydrogens (tertiary/aromatic N) is 2. The number of hydrogen-bond donors (Lipinski definition) is 0. The van der Waals surface area contributed by atoms with Gasteiger partial charge >= 0.3 is 17.4 Å². The van der Waals surface area contributed by atoms with E-state index in [4.69, 9.17) is 4.74 Å². The lowest BCUT2D eigenvalue weighted by molar-refractivity contribution is -0.0333. The Kier molecular flexibility index (Phi) is 10.6. The van der Waals surface area contributed by atoms with E-state index in [2.05, 4.69) is 17.4 Å². The molecular weight excluding hydrogens is 605 g/mol. The predicted octanol–water partition coefficient (Wildman–Crippen LogP) is 2.35. The van der Waals surface area contributed by atoms with Gasteiger partial charge in [-0.05, 0) is 68.1 Å². The molecule has 2 aromatic rings. The Labute approximate surface area is 232 Å². The normalized spacial score (nSPS) is 14.7. The Morgan fingerprint density at radius 2 is 1.52 bits per heavy atom. The molecular formula is C22H23F3N2O10S3. The maximum atomic E-state index is 13.1. The number of sulfonamides is 1. The molecule has 2 aromatic carbocycles. The molecule has 0 aliphatic carbocycles. The summed E-state index contributed by atoms with van der Waals surface area (Å²) < 4.78 is 102. The maximum Gasteiger partial charge on any atom is 0.418 e. The molecule has 1 aliphatic rings. The molecule has 3 amide bonds. The quantitative estimate of drug-likeness (QED) is 0.240. The van der Waals surface area contributed by atoms with Crippen molar-refractivity contribution in [2.24, 2.45) is 0 Å². The van der Waals surface area contributed by atoms with E-state index in [0.29, 0.717) is 11.8 Å². The average molecular weight is 629 g/mol. The number of ether oxygens (including phenoxy) is 2. The number of Topliss-reactive ketones (excluding diaryl/α,β-unsaturated/α-hetero) is 1. The molecule has 0 saturated carbocycles. The van der Waals surface area contributed by atoms with Crippen LogP contribution < -0.4 is 4.74 Å². The maximum absolute atomic E-state index is 13.1. The Morgan fingerprint density at radius 3 is 1.95 bits per heavy atom. The van der Waals surface area contributed by atoms with Gasteiger partial charge in [-0.1, -0.05) is 0 Å². The van der Waals surface area contributed by atoms with Crippen LogP contribution in [0.1, 0.15) is 17.3 Å². The minimum atomic E-state index is -6.33. The molecule has 0 radical (unpaired) electrons. The molecule has 1 aliphatic heterocycles. The summed E-state index contributed by atoms with van der Waals surface area (Å²) in [5.74, 6) is 1.54. The summed E-state index contributed by atoms with van der Waals surface area (Å²) in [6.45, 7) is -1.17. The van der Waals surface area contributed by atoms with Crippen LogP contribution in [0.15, 0.2) is 53.4 Å². The van der Waals surface area contributed by atoms with E-state index in [0.717, 1.165) is 16.4 Å². The Balaban J connectivity index is 0.000000292. The van der Waals surface area contributed by atoms with Gasteiger partial charge in [-0.25, -0.2) is 40.0 Å². The average Bonchev–Trinajstić information content (AvgIpc) is 3.25. The minimum absolute atomic E-state index is 0.0555. The number of hydrogen-bond acceptors (Lipinski definition) is 10. The van der Waals surface area contributed by atoms with Gasteiger partial charge in [0.2, 0.25) is 16.2 Å². The van der Waals surface area contributed by atoms with Gasteiger partial charge < -0.3 is 14.0 Å². The SMILES string of the molecule is CC(=O)c1ccc(Oc2ccc([SH2+])cc2)cc1.CS(=O)(=O)N1CCN(C(=O)OCC(F)C(F)(F)S(=O)(=O)[O-])C1=O. The summed E-state index contributed by atoms with van der Waals surface area (Å²) in [5.41, 5.74) is 0.688. The zero-order valence-electron chi connectivity index (χ0n) is 20.7. The van der Waals surface area contributed by atoms with Gasteiger partial charge in [0.05, 0.1) is 19.3 Å². The van der Waals surface area contributed by atoms with Crippen molar-refractivity contribution < 1.29 is 58.4 Å². The van der Waals surface area contributed by atoms with E-state index in [1.165, 1.54) is 0 Å². The summed E-state index contributed by atoms with van der Waals surface area (Å²) in [5, 5.41) is -5.33. The van der Waals surface area contributed by atoms with Crippen LogP contribution in [0.3, 0.4) is 0 Å². The fourth-order valence-electron chi connectivity index (χ4n) is 2.89. The third-order valence-corrected chi connectivity index (χ3v) is 7.39. The molecule has 1 atom stereocenters. The number of rotatable bonds is 8. The Morgan fingerprint density at radius 1 is 1.02 bits per heavy atom. The van der Waals surface area contributed by atoms with E-state index in [1.807, 2.05) is 24.3 Å². The molecule has 1 saturated heterocycles. The van der Waals surface area contributed by atoms with Gasteiger partial charge in [-0.3, -0.25) is 4.79 Å². The van der Waals surface area contributed by atoms with Crippen LogP contribution in [-0.4, -0.2) is 85.9 Å². The van der Waals surface area contributed by atoms with Gasteiger partial charge in [-0.2, -0.15) is 8.78 Å². The highest BCUT2D eigenvalue weighted by atomic mass is 32.2. The van der Waals surface area contributed by atoms with Gasteiger partial charge in [-0.15, -0.1) is 0 Å². The van der Waals surface area contributed by atoms with Crippen molar-refractivity contribution in [3.8, 4) is 11.5 Å². The zero-order valence-corrected chi connectivity index (χ0v) is 23.4. The first kappa shape index (κ1) is 32.9. The van der Waals surface area contributed by atoms with E-state index in [-0.39, 0.29) is 15.0 Å². The first-order valence-corrected chi connectivity index (χ1v) is 14.6. The topological polar surface area (TPSA) is 167 Å². The highest BCUT2D eigenvalue weighted by molar-refractivity contribution is 7.88. The second kappa shape index (κ2) is 12.9. The number of alkyl halides is 3. The fourth-order valence-corrected chi connectivity index (χ4v) is 4.23. The summed E-state index contributed by atoms with van der Waals surface area (Å²) >= 11 is 3.41. The molecule has 0 aromatic heterocycles. The van der Waals surface area contributed by atoms with Gasteiger partial charge in [0, 0.05) is 5.56 Å². The first-order valence-electron chi connectivity index (χ1n) is 10.9. The van der Waals surface area contributed by atoms with Gasteiger partial charge in [0.15, 0.2) is 20.8 Å². The van der Waals surface area contributed by atoms with Crippen LogP contribution >= 0.6 is 0 Å². The molecule has 0 spiro atoms. The molecule has 1 unspecified atom stereocenters. The second-order valence-electron chi connectivity index (χ2n) is 8.04. The van der Waals surface area contributed by atoms with Crippen molar-refractivity contribution >= 4 is 50.7 Å². The predicted molar refractivity (Wildman–Crippen MR) is 136 cm³/mol. The standard InChI is InChI=1S/C14H12O2S.C8H11F3N2O8S2/c1-10(15)11-2-4-12(5-3-11)16-13-6-8-14(17)9-7-13;1-22(16,17)13-3-2-12(6(13)14)7(15)21-4-5(9)8(10,11)23(18,19)20/h2-9,17H,1H3;5H,2-4H2,1H3,(H,18,19,20). The zero-order chi connectivity index (χ0) is 30.5. The van der Waals surface area contributed by atoms with Crippen molar-refractivity contribution in [2.75, 3.05) is 26.0 Å². The molecule has 18 heteroatoms. The molecule has 12 nitrogen and oxygen atoms in total. The number of carbonyl (C=O) groups excluding carboxylic acids is 3. The van der Waals surface area contributed by atoms with Crippen molar-refractivity contribution in [1.82, 2.24) is 9.21 Å². The van der Waals surface area contributed by atoms with E-state index in [9.17, 15) is 48.9 Å². The van der Waals surface area contributed by atoms with Crippen LogP contribution in [0.2, 0.25) is 0 Å². The number of imide groups is 1. The molecule has 1 fully saturated rings. The highest BCUT2D eigenvalue weighted by Gasteiger charge is 2.48. The molecule has 220 valence electrons. The smallest absolute Gasteiger partial charge is 0.418 e. The molecule has 3 rings (SSSR count). The summed E-state index contributed by atoms with van der Waals surface area (Å²) in [7, 11) is -10.3. The molecule has 0 bridgehead atoms. The van der Waals surface area contributed by atoms with Crippen LogP contribution in [0.4, 0.5) is 22.8 Å². The fraction of sp³-hybridized carbons (Fsp3) is 0.318. The van der Waals surface area contributed by atoms with E-state index < -0.39 is 63.4 Å². The van der Waals surface area contributed by atoms with Crippen molar-refractivity contribution in [3.63, 3.8) is 0 Å².